The Balaban J connectivity index is 2.04. The van der Waals surface area contributed by atoms with Crippen molar-refractivity contribution in [3.8, 4) is 0 Å². The lowest BCUT2D eigenvalue weighted by Gasteiger charge is -2.16. The normalized spacial score (nSPS) is 14.8. The number of nitrogens with one attached hydrogen (secondary N) is 1. The predicted octanol–water partition coefficient (Wildman–Crippen LogP) is 5.06. The van der Waals surface area contributed by atoms with Crippen LogP contribution in [0.1, 0.15) is 21.5 Å². The van der Waals surface area contributed by atoms with Gasteiger partial charge in [0.2, 0.25) is 5.91 Å². The highest BCUT2D eigenvalue weighted by molar-refractivity contribution is 14.1. The van der Waals surface area contributed by atoms with Crippen LogP contribution in [0.5, 0.6) is 0 Å². The zero-order valence-electron chi connectivity index (χ0n) is 10.6. The fraction of sp³-hybridized carbons (Fsp3) is 0.133. The monoisotopic (exact) mass is 479 g/mol. The molecule has 1 N–H and O–H groups in total. The molecule has 0 spiro atoms. The Morgan fingerprint density at radius 1 is 1.29 bits per heavy atom. The van der Waals surface area contributed by atoms with E-state index in [9.17, 15) is 9.18 Å². The van der Waals surface area contributed by atoms with E-state index in [0.29, 0.717) is 11.4 Å². The number of hydrogen-bond donors (Lipinski definition) is 1. The van der Waals surface area contributed by atoms with Gasteiger partial charge in [-0.3, -0.25) is 4.79 Å². The zero-order valence-corrected chi connectivity index (χ0v) is 15.1. The molecule has 1 aliphatic heterocycles. The van der Waals surface area contributed by atoms with E-state index in [-0.39, 0.29) is 16.6 Å². The van der Waals surface area contributed by atoms with Crippen LogP contribution in [0.15, 0.2) is 30.3 Å². The third-order valence-corrected chi connectivity index (χ3v) is 5.60. The van der Waals surface area contributed by atoms with Crippen LogP contribution in [0.25, 0.3) is 0 Å². The van der Waals surface area contributed by atoms with Crippen molar-refractivity contribution in [1.29, 1.82) is 0 Å². The Hall–Kier alpha value is -0.660. The molecule has 0 saturated carbocycles. The van der Waals surface area contributed by atoms with Crippen molar-refractivity contribution in [3.63, 3.8) is 0 Å². The first-order valence-corrected chi connectivity index (χ1v) is 8.54. The summed E-state index contributed by atoms with van der Waals surface area (Å²) in [5.41, 5.74) is 3.51. The Morgan fingerprint density at radius 2 is 2.05 bits per heavy atom. The lowest BCUT2D eigenvalue weighted by atomic mass is 10.0. The van der Waals surface area contributed by atoms with Crippen molar-refractivity contribution in [2.24, 2.45) is 0 Å². The van der Waals surface area contributed by atoms with Crippen LogP contribution in [0.3, 0.4) is 0 Å². The second kappa shape index (κ2) is 5.85. The number of halogens is 4. The summed E-state index contributed by atoms with van der Waals surface area (Å²) < 4.78 is 14.0. The molecular formula is C15H9BrClFINO. The second-order valence-electron chi connectivity index (χ2n) is 4.78. The minimum atomic E-state index is -0.266. The smallest absolute Gasteiger partial charge is 0.228 e. The maximum atomic E-state index is 13.2. The van der Waals surface area contributed by atoms with E-state index in [1.54, 1.807) is 12.1 Å². The molecule has 21 heavy (non-hydrogen) atoms. The molecule has 0 aliphatic carbocycles. The van der Waals surface area contributed by atoms with E-state index in [2.05, 4.69) is 43.8 Å². The third kappa shape index (κ3) is 2.96. The minimum Gasteiger partial charge on any atom is -0.325 e. The van der Waals surface area contributed by atoms with E-state index >= 15 is 0 Å². The van der Waals surface area contributed by atoms with Gasteiger partial charge in [-0.1, -0.05) is 39.7 Å². The van der Waals surface area contributed by atoms with Gasteiger partial charge >= 0.3 is 0 Å². The molecule has 1 aliphatic rings. The molecule has 0 saturated heterocycles. The first kappa shape index (κ1) is 15.2. The van der Waals surface area contributed by atoms with E-state index in [1.807, 2.05) is 6.07 Å². The molecule has 0 aromatic heterocycles. The lowest BCUT2D eigenvalue weighted by molar-refractivity contribution is -0.115. The van der Waals surface area contributed by atoms with Crippen molar-refractivity contribution >= 4 is 61.7 Å². The fourth-order valence-corrected chi connectivity index (χ4v) is 4.74. The van der Waals surface area contributed by atoms with Gasteiger partial charge in [-0.2, -0.15) is 0 Å². The summed E-state index contributed by atoms with van der Waals surface area (Å²) >= 11 is 12.1. The van der Waals surface area contributed by atoms with Gasteiger partial charge in [0.05, 0.1) is 11.2 Å². The fourth-order valence-electron chi connectivity index (χ4n) is 2.34. The molecule has 2 aromatic carbocycles. The van der Waals surface area contributed by atoms with Crippen molar-refractivity contribution in [1.82, 2.24) is 0 Å². The SMILES string of the molecule is O=C1Cc2cc(C(Br)c3ccc(F)cc3I)c(Cl)cc2N1. The van der Waals surface area contributed by atoms with Crippen molar-refractivity contribution in [2.75, 3.05) is 5.32 Å². The van der Waals surface area contributed by atoms with Crippen LogP contribution in [0, 0.1) is 9.39 Å². The van der Waals surface area contributed by atoms with E-state index in [4.69, 9.17) is 11.6 Å². The Morgan fingerprint density at radius 3 is 2.76 bits per heavy atom. The summed E-state index contributed by atoms with van der Waals surface area (Å²) in [5.74, 6) is -0.293. The first-order valence-electron chi connectivity index (χ1n) is 6.17. The van der Waals surface area contributed by atoms with E-state index in [1.165, 1.54) is 12.1 Å². The topological polar surface area (TPSA) is 29.1 Å². The summed E-state index contributed by atoms with van der Waals surface area (Å²) in [6.07, 6.45) is 0.361. The molecule has 0 radical (unpaired) electrons. The molecule has 1 atom stereocenters. The highest BCUT2D eigenvalue weighted by Crippen LogP contribution is 2.40. The van der Waals surface area contributed by atoms with Gasteiger partial charge in [0, 0.05) is 14.3 Å². The zero-order chi connectivity index (χ0) is 15.1. The minimum absolute atomic E-state index is 0.0271. The number of anilines is 1. The van der Waals surface area contributed by atoms with Crippen molar-refractivity contribution < 1.29 is 9.18 Å². The lowest BCUT2D eigenvalue weighted by Crippen LogP contribution is -2.03. The molecule has 108 valence electrons. The molecular weight excluding hydrogens is 471 g/mol. The molecule has 1 unspecified atom stereocenters. The predicted molar refractivity (Wildman–Crippen MR) is 93.7 cm³/mol. The van der Waals surface area contributed by atoms with Crippen LogP contribution in [-0.4, -0.2) is 5.91 Å². The number of carbonyl (C=O) groups is 1. The van der Waals surface area contributed by atoms with Gasteiger partial charge in [0.25, 0.3) is 0 Å². The molecule has 2 aromatic rings. The van der Waals surface area contributed by atoms with Crippen molar-refractivity contribution in [2.45, 2.75) is 11.2 Å². The summed E-state index contributed by atoms with van der Waals surface area (Å²) in [4.78, 5) is 11.3. The number of amides is 1. The number of fused-ring (bicyclic) bond motifs is 1. The average Bonchev–Trinajstić information content (AvgIpc) is 2.76. The maximum absolute atomic E-state index is 13.2. The molecule has 3 rings (SSSR count). The van der Waals surface area contributed by atoms with E-state index in [0.717, 1.165) is 25.9 Å². The number of rotatable bonds is 2. The average molecular weight is 481 g/mol. The summed E-state index contributed by atoms with van der Waals surface area (Å²) in [6.45, 7) is 0. The van der Waals surface area contributed by atoms with Crippen LogP contribution < -0.4 is 5.32 Å². The summed E-state index contributed by atoms with van der Waals surface area (Å²) in [5, 5.41) is 3.34. The van der Waals surface area contributed by atoms with Crippen molar-refractivity contribution in [3.05, 3.63) is 61.4 Å². The van der Waals surface area contributed by atoms with Crippen LogP contribution in [0.2, 0.25) is 5.02 Å². The third-order valence-electron chi connectivity index (χ3n) is 3.36. The Kier molecular flexibility index (Phi) is 4.25. The number of benzene rings is 2. The van der Waals surface area contributed by atoms with Gasteiger partial charge in [-0.15, -0.1) is 0 Å². The second-order valence-corrected chi connectivity index (χ2v) is 7.27. The van der Waals surface area contributed by atoms with Gasteiger partial charge < -0.3 is 5.32 Å². The number of alkyl halides is 1. The molecule has 6 heteroatoms. The molecule has 1 heterocycles. The van der Waals surface area contributed by atoms with E-state index < -0.39 is 0 Å². The molecule has 2 nitrogen and oxygen atoms in total. The standard InChI is InChI=1S/C15H9BrClFINO/c16-15(9-2-1-8(18)5-12(9)19)10-3-7-4-14(21)20-13(7)6-11(10)17/h1-3,5-6,15H,4H2,(H,20,21). The highest BCUT2D eigenvalue weighted by atomic mass is 127. The Labute approximate surface area is 148 Å². The Bertz CT molecular complexity index is 753. The number of carbonyl (C=O) groups excluding carboxylic acids is 1. The quantitative estimate of drug-likeness (QED) is 0.473. The highest BCUT2D eigenvalue weighted by Gasteiger charge is 2.23. The molecule has 0 fully saturated rings. The van der Waals surface area contributed by atoms with Crippen LogP contribution in [-0.2, 0) is 11.2 Å². The molecule has 0 bridgehead atoms. The van der Waals surface area contributed by atoms with Gasteiger partial charge in [0.15, 0.2) is 0 Å². The first-order chi connectivity index (χ1) is 9.95. The van der Waals surface area contributed by atoms with Crippen LogP contribution in [0.4, 0.5) is 10.1 Å². The number of hydrogen-bond acceptors (Lipinski definition) is 1. The van der Waals surface area contributed by atoms with Gasteiger partial charge in [0.1, 0.15) is 5.82 Å². The largest absolute Gasteiger partial charge is 0.325 e. The van der Waals surface area contributed by atoms with Gasteiger partial charge in [-0.05, 0) is 57.5 Å². The maximum Gasteiger partial charge on any atom is 0.228 e. The van der Waals surface area contributed by atoms with Crippen LogP contribution >= 0.6 is 50.1 Å². The molecule has 1 amide bonds. The summed E-state index contributed by atoms with van der Waals surface area (Å²) in [7, 11) is 0. The van der Waals surface area contributed by atoms with Gasteiger partial charge in [-0.25, -0.2) is 4.39 Å². The summed E-state index contributed by atoms with van der Waals surface area (Å²) in [6, 6.07) is 8.34.